The van der Waals surface area contributed by atoms with Gasteiger partial charge in [-0.15, -0.1) is 0 Å². The van der Waals surface area contributed by atoms with E-state index < -0.39 is 0 Å². The third-order valence-corrected chi connectivity index (χ3v) is 1.63. The van der Waals surface area contributed by atoms with Gasteiger partial charge in [0.15, 0.2) is 0 Å². The van der Waals surface area contributed by atoms with Crippen molar-refractivity contribution in [1.82, 2.24) is 0 Å². The summed E-state index contributed by atoms with van der Waals surface area (Å²) in [6.45, 7) is 2.17. The number of rotatable bonds is 3. The Morgan fingerprint density at radius 3 is 2.64 bits per heavy atom. The van der Waals surface area contributed by atoms with Gasteiger partial charge < -0.3 is 10.5 Å². The molecule has 1 aromatic carbocycles. The molecule has 14 heavy (non-hydrogen) atoms. The predicted octanol–water partition coefficient (Wildman–Crippen LogP) is 1.85. The highest BCUT2D eigenvalue weighted by atomic mass is 16.5. The fraction of sp³-hybridized carbons (Fsp3) is 0.182. The lowest BCUT2D eigenvalue weighted by molar-refractivity contribution is -0.137. The molecule has 3 nitrogen and oxygen atoms in total. The number of nitrogen functional groups attached to an aromatic ring is 1. The maximum absolute atomic E-state index is 10.9. The van der Waals surface area contributed by atoms with Gasteiger partial charge in [0.25, 0.3) is 0 Å². The summed E-state index contributed by atoms with van der Waals surface area (Å²) < 4.78 is 4.74. The van der Waals surface area contributed by atoms with Gasteiger partial charge >= 0.3 is 5.97 Å². The number of carbonyl (C=O) groups excluding carboxylic acids is 1. The van der Waals surface area contributed by atoms with Gasteiger partial charge in [0.1, 0.15) is 0 Å². The highest BCUT2D eigenvalue weighted by Crippen LogP contribution is 2.06. The van der Waals surface area contributed by atoms with E-state index >= 15 is 0 Å². The number of esters is 1. The molecule has 0 saturated heterocycles. The second kappa shape index (κ2) is 5.07. The molecule has 0 bridgehead atoms. The molecular weight excluding hydrogens is 178 g/mol. The van der Waals surface area contributed by atoms with Crippen LogP contribution in [0.5, 0.6) is 0 Å². The number of hydrogen-bond donors (Lipinski definition) is 1. The van der Waals surface area contributed by atoms with Gasteiger partial charge in [-0.3, -0.25) is 0 Å². The summed E-state index contributed by atoms with van der Waals surface area (Å²) in [5.41, 5.74) is 7.14. The van der Waals surface area contributed by atoms with Crippen LogP contribution in [-0.2, 0) is 9.53 Å². The highest BCUT2D eigenvalue weighted by Gasteiger charge is 1.93. The third-order valence-electron chi connectivity index (χ3n) is 1.63. The standard InChI is InChI=1S/C11H13NO2/c1-2-14-11(13)8-5-9-3-6-10(12)7-4-9/h3-8H,2,12H2,1H3/b8-5+. The Balaban J connectivity index is 2.60. The molecule has 0 fully saturated rings. The van der Waals surface area contributed by atoms with Crippen molar-refractivity contribution < 1.29 is 9.53 Å². The fourth-order valence-corrected chi connectivity index (χ4v) is 0.962. The molecule has 0 spiro atoms. The van der Waals surface area contributed by atoms with E-state index in [2.05, 4.69) is 0 Å². The summed E-state index contributed by atoms with van der Waals surface area (Å²) in [6, 6.07) is 7.24. The number of ether oxygens (including phenoxy) is 1. The molecule has 74 valence electrons. The Morgan fingerprint density at radius 2 is 2.07 bits per heavy atom. The van der Waals surface area contributed by atoms with Crippen LogP contribution >= 0.6 is 0 Å². The van der Waals surface area contributed by atoms with Crippen LogP contribution in [0.25, 0.3) is 6.08 Å². The van der Waals surface area contributed by atoms with Gasteiger partial charge in [-0.2, -0.15) is 0 Å². The number of nitrogens with two attached hydrogens (primary N) is 1. The molecule has 0 aromatic heterocycles. The van der Waals surface area contributed by atoms with Crippen molar-refractivity contribution in [2.24, 2.45) is 0 Å². The Labute approximate surface area is 83.2 Å². The average Bonchev–Trinajstić information content (AvgIpc) is 2.17. The topological polar surface area (TPSA) is 52.3 Å². The molecule has 0 heterocycles. The van der Waals surface area contributed by atoms with E-state index in [9.17, 15) is 4.79 Å². The summed E-state index contributed by atoms with van der Waals surface area (Å²) in [5.74, 6) is -0.329. The maximum atomic E-state index is 10.9. The Hall–Kier alpha value is -1.77. The van der Waals surface area contributed by atoms with Crippen LogP contribution in [0.4, 0.5) is 5.69 Å². The summed E-state index contributed by atoms with van der Waals surface area (Å²) in [5, 5.41) is 0. The molecule has 0 aliphatic carbocycles. The second-order valence-electron chi connectivity index (χ2n) is 2.75. The smallest absolute Gasteiger partial charge is 0.330 e. The highest BCUT2D eigenvalue weighted by molar-refractivity contribution is 5.87. The molecule has 0 amide bonds. The van der Waals surface area contributed by atoms with E-state index in [4.69, 9.17) is 10.5 Å². The lowest BCUT2D eigenvalue weighted by atomic mass is 10.2. The lowest BCUT2D eigenvalue weighted by Crippen LogP contribution is -1.98. The van der Waals surface area contributed by atoms with Crippen molar-refractivity contribution in [2.45, 2.75) is 6.92 Å². The van der Waals surface area contributed by atoms with Gasteiger partial charge in [0.05, 0.1) is 6.61 Å². The summed E-state index contributed by atoms with van der Waals surface area (Å²) in [6.07, 6.45) is 3.09. The van der Waals surface area contributed by atoms with Crippen molar-refractivity contribution in [2.75, 3.05) is 12.3 Å². The van der Waals surface area contributed by atoms with Crippen molar-refractivity contribution in [3.8, 4) is 0 Å². The normalized spacial score (nSPS) is 10.4. The van der Waals surface area contributed by atoms with Crippen molar-refractivity contribution in [1.29, 1.82) is 0 Å². The summed E-state index contributed by atoms with van der Waals surface area (Å²) in [7, 11) is 0. The SMILES string of the molecule is CCOC(=O)/C=C/c1ccc(N)cc1. The summed E-state index contributed by atoms with van der Waals surface area (Å²) >= 11 is 0. The zero-order valence-corrected chi connectivity index (χ0v) is 8.07. The first-order valence-electron chi connectivity index (χ1n) is 4.42. The van der Waals surface area contributed by atoms with Gasteiger partial charge in [-0.25, -0.2) is 4.79 Å². The second-order valence-corrected chi connectivity index (χ2v) is 2.75. The first-order chi connectivity index (χ1) is 6.72. The number of carbonyl (C=O) groups is 1. The van der Waals surface area contributed by atoms with E-state index in [0.717, 1.165) is 5.56 Å². The molecule has 1 aromatic rings. The van der Waals surface area contributed by atoms with Crippen LogP contribution in [-0.4, -0.2) is 12.6 Å². The van der Waals surface area contributed by atoms with Crippen LogP contribution in [0, 0.1) is 0 Å². The molecule has 0 radical (unpaired) electrons. The Morgan fingerprint density at radius 1 is 1.43 bits per heavy atom. The molecule has 3 heteroatoms. The minimum Gasteiger partial charge on any atom is -0.463 e. The first kappa shape index (κ1) is 10.3. The Bertz CT molecular complexity index is 328. The van der Waals surface area contributed by atoms with Crippen molar-refractivity contribution in [3.63, 3.8) is 0 Å². The van der Waals surface area contributed by atoms with Gasteiger partial charge in [-0.1, -0.05) is 12.1 Å². The quantitative estimate of drug-likeness (QED) is 0.450. The molecule has 2 N–H and O–H groups in total. The fourth-order valence-electron chi connectivity index (χ4n) is 0.962. The average molecular weight is 191 g/mol. The molecular formula is C11H13NO2. The molecule has 1 rings (SSSR count). The Kier molecular flexibility index (Phi) is 3.73. The van der Waals surface area contributed by atoms with Crippen LogP contribution in [0.15, 0.2) is 30.3 Å². The molecule has 0 atom stereocenters. The number of anilines is 1. The lowest BCUT2D eigenvalue weighted by Gasteiger charge is -1.96. The number of benzene rings is 1. The molecule has 0 saturated carbocycles. The predicted molar refractivity (Wildman–Crippen MR) is 56.5 cm³/mol. The monoisotopic (exact) mass is 191 g/mol. The van der Waals surface area contributed by atoms with Crippen molar-refractivity contribution in [3.05, 3.63) is 35.9 Å². The van der Waals surface area contributed by atoms with E-state index in [-0.39, 0.29) is 5.97 Å². The van der Waals surface area contributed by atoms with Crippen molar-refractivity contribution >= 4 is 17.7 Å². The van der Waals surface area contributed by atoms with E-state index in [1.54, 1.807) is 25.1 Å². The van der Waals surface area contributed by atoms with E-state index in [0.29, 0.717) is 12.3 Å². The van der Waals surface area contributed by atoms with E-state index in [1.807, 2.05) is 12.1 Å². The number of hydrogen-bond acceptors (Lipinski definition) is 3. The maximum Gasteiger partial charge on any atom is 0.330 e. The largest absolute Gasteiger partial charge is 0.463 e. The summed E-state index contributed by atoms with van der Waals surface area (Å²) in [4.78, 5) is 10.9. The molecule has 0 aliphatic rings. The third kappa shape index (κ3) is 3.31. The van der Waals surface area contributed by atoms with Gasteiger partial charge in [0.2, 0.25) is 0 Å². The molecule has 0 unspecified atom stereocenters. The van der Waals surface area contributed by atoms with Crippen LogP contribution in [0.1, 0.15) is 12.5 Å². The zero-order valence-electron chi connectivity index (χ0n) is 8.07. The zero-order chi connectivity index (χ0) is 10.4. The van der Waals surface area contributed by atoms with Crippen LogP contribution < -0.4 is 5.73 Å². The first-order valence-corrected chi connectivity index (χ1v) is 4.42. The minimum atomic E-state index is -0.329. The van der Waals surface area contributed by atoms with Crippen LogP contribution in [0.2, 0.25) is 0 Å². The van der Waals surface area contributed by atoms with E-state index in [1.165, 1.54) is 6.08 Å². The molecule has 0 aliphatic heterocycles. The van der Waals surface area contributed by atoms with Gasteiger partial charge in [-0.05, 0) is 30.7 Å². The van der Waals surface area contributed by atoms with Gasteiger partial charge in [0, 0.05) is 11.8 Å². The van der Waals surface area contributed by atoms with Crippen LogP contribution in [0.3, 0.4) is 0 Å². The minimum absolute atomic E-state index is 0.329.